The van der Waals surface area contributed by atoms with E-state index in [4.69, 9.17) is 11.6 Å². The first kappa shape index (κ1) is 11.6. The van der Waals surface area contributed by atoms with Gasteiger partial charge in [0, 0.05) is 23.7 Å². The van der Waals surface area contributed by atoms with E-state index in [0.29, 0.717) is 17.1 Å². The van der Waals surface area contributed by atoms with Crippen LogP contribution in [0.2, 0.25) is 5.02 Å². The molecule has 0 saturated heterocycles. The Labute approximate surface area is 103 Å². The van der Waals surface area contributed by atoms with Gasteiger partial charge in [-0.2, -0.15) is 11.3 Å². The van der Waals surface area contributed by atoms with Crippen molar-refractivity contribution in [1.29, 1.82) is 0 Å². The molecule has 0 bridgehead atoms. The van der Waals surface area contributed by atoms with Gasteiger partial charge in [0.1, 0.15) is 5.82 Å². The molecule has 0 unspecified atom stereocenters. The number of halogens is 2. The summed E-state index contributed by atoms with van der Waals surface area (Å²) in [4.78, 5) is 0. The Hall–Kier alpha value is -0.900. The first-order valence-corrected chi connectivity index (χ1v) is 6.24. The lowest BCUT2D eigenvalue weighted by Gasteiger charge is -2.06. The quantitative estimate of drug-likeness (QED) is 0.876. The molecule has 1 N–H and O–H groups in total. The van der Waals surface area contributed by atoms with Crippen molar-refractivity contribution in [3.8, 4) is 0 Å². The topological polar surface area (TPSA) is 12.0 Å². The maximum absolute atomic E-state index is 13.4. The van der Waals surface area contributed by atoms with Gasteiger partial charge >= 0.3 is 0 Å². The molecule has 1 aromatic heterocycles. The van der Waals surface area contributed by atoms with Crippen molar-refractivity contribution in [2.75, 3.05) is 0 Å². The van der Waals surface area contributed by atoms with E-state index in [2.05, 4.69) is 10.7 Å². The van der Waals surface area contributed by atoms with Crippen molar-refractivity contribution < 1.29 is 4.39 Å². The molecule has 2 aromatic rings. The molecule has 0 fully saturated rings. The van der Waals surface area contributed by atoms with Crippen LogP contribution in [0.1, 0.15) is 11.1 Å². The molecular formula is C12H11ClFNS. The summed E-state index contributed by atoms with van der Waals surface area (Å²) < 4.78 is 13.4. The molecule has 0 saturated carbocycles. The summed E-state index contributed by atoms with van der Waals surface area (Å²) in [6.45, 7) is 1.18. The molecule has 4 heteroatoms. The van der Waals surface area contributed by atoms with Gasteiger partial charge in [-0.3, -0.25) is 0 Å². The highest BCUT2D eigenvalue weighted by molar-refractivity contribution is 7.07. The molecule has 2 rings (SSSR count). The average Bonchev–Trinajstić information content (AvgIpc) is 2.75. The molecule has 0 spiro atoms. The van der Waals surface area contributed by atoms with Crippen LogP contribution in [0.4, 0.5) is 4.39 Å². The lowest BCUT2D eigenvalue weighted by atomic mass is 10.2. The summed E-state index contributed by atoms with van der Waals surface area (Å²) in [5, 5.41) is 7.72. The SMILES string of the molecule is Fc1cccc(Cl)c1CNCc1ccsc1. The van der Waals surface area contributed by atoms with E-state index < -0.39 is 0 Å². The average molecular weight is 256 g/mol. The second-order valence-electron chi connectivity index (χ2n) is 3.44. The zero-order valence-corrected chi connectivity index (χ0v) is 10.1. The van der Waals surface area contributed by atoms with Gasteiger partial charge in [-0.05, 0) is 34.5 Å². The largest absolute Gasteiger partial charge is 0.308 e. The van der Waals surface area contributed by atoms with Crippen molar-refractivity contribution in [3.05, 3.63) is 57.0 Å². The van der Waals surface area contributed by atoms with Gasteiger partial charge < -0.3 is 5.32 Å². The van der Waals surface area contributed by atoms with Crippen molar-refractivity contribution in [1.82, 2.24) is 5.32 Å². The second-order valence-corrected chi connectivity index (χ2v) is 4.62. The molecule has 1 nitrogen and oxygen atoms in total. The first-order valence-electron chi connectivity index (χ1n) is 4.92. The summed E-state index contributed by atoms with van der Waals surface area (Å²) in [5.41, 5.74) is 1.73. The molecule has 16 heavy (non-hydrogen) atoms. The number of hydrogen-bond acceptors (Lipinski definition) is 2. The molecule has 0 aliphatic heterocycles. The Balaban J connectivity index is 1.95. The number of thiophene rings is 1. The predicted molar refractivity (Wildman–Crippen MR) is 66.3 cm³/mol. The molecule has 0 atom stereocenters. The highest BCUT2D eigenvalue weighted by Gasteiger charge is 2.05. The molecule has 1 aromatic carbocycles. The fraction of sp³-hybridized carbons (Fsp3) is 0.167. The zero-order chi connectivity index (χ0) is 11.4. The van der Waals surface area contributed by atoms with Gasteiger partial charge in [-0.25, -0.2) is 4.39 Å². The third-order valence-electron chi connectivity index (χ3n) is 2.27. The summed E-state index contributed by atoms with van der Waals surface area (Å²) in [6.07, 6.45) is 0. The summed E-state index contributed by atoms with van der Waals surface area (Å²) >= 11 is 7.56. The minimum atomic E-state index is -0.259. The van der Waals surface area contributed by atoms with E-state index in [9.17, 15) is 4.39 Å². The molecular weight excluding hydrogens is 245 g/mol. The van der Waals surface area contributed by atoms with Crippen LogP contribution in [0.25, 0.3) is 0 Å². The third-order valence-corrected chi connectivity index (χ3v) is 3.36. The van der Waals surface area contributed by atoms with Crippen LogP contribution in [-0.4, -0.2) is 0 Å². The normalized spacial score (nSPS) is 10.6. The van der Waals surface area contributed by atoms with Crippen LogP contribution in [0, 0.1) is 5.82 Å². The highest BCUT2D eigenvalue weighted by Crippen LogP contribution is 2.18. The minimum absolute atomic E-state index is 0.259. The Morgan fingerprint density at radius 2 is 2.12 bits per heavy atom. The third kappa shape index (κ3) is 2.82. The highest BCUT2D eigenvalue weighted by atomic mass is 35.5. The maximum Gasteiger partial charge on any atom is 0.129 e. The summed E-state index contributed by atoms with van der Waals surface area (Å²) in [6, 6.07) is 6.78. The van der Waals surface area contributed by atoms with Gasteiger partial charge in [-0.15, -0.1) is 0 Å². The molecule has 0 amide bonds. The van der Waals surface area contributed by atoms with E-state index in [1.807, 2.05) is 11.4 Å². The smallest absolute Gasteiger partial charge is 0.129 e. The monoisotopic (exact) mass is 255 g/mol. The van der Waals surface area contributed by atoms with Gasteiger partial charge in [0.05, 0.1) is 0 Å². The van der Waals surface area contributed by atoms with Gasteiger partial charge in [0.2, 0.25) is 0 Å². The molecule has 0 aliphatic rings. The molecule has 0 radical (unpaired) electrons. The first-order chi connectivity index (χ1) is 7.77. The Morgan fingerprint density at radius 1 is 1.25 bits per heavy atom. The van der Waals surface area contributed by atoms with Crippen molar-refractivity contribution in [2.24, 2.45) is 0 Å². The fourth-order valence-electron chi connectivity index (χ4n) is 1.43. The van der Waals surface area contributed by atoms with Crippen LogP contribution >= 0.6 is 22.9 Å². The lowest BCUT2D eigenvalue weighted by Crippen LogP contribution is -2.13. The standard InChI is InChI=1S/C12H11ClFNS/c13-11-2-1-3-12(14)10(11)7-15-6-9-4-5-16-8-9/h1-5,8,15H,6-7H2. The number of benzene rings is 1. The van der Waals surface area contributed by atoms with Crippen LogP contribution < -0.4 is 5.32 Å². The Morgan fingerprint density at radius 3 is 2.81 bits per heavy atom. The number of nitrogens with one attached hydrogen (secondary N) is 1. The summed E-state index contributed by atoms with van der Waals surface area (Å²) in [7, 11) is 0. The van der Waals surface area contributed by atoms with Crippen LogP contribution in [0.5, 0.6) is 0 Å². The minimum Gasteiger partial charge on any atom is -0.308 e. The molecule has 1 heterocycles. The van der Waals surface area contributed by atoms with Gasteiger partial charge in [0.25, 0.3) is 0 Å². The van der Waals surface area contributed by atoms with E-state index in [-0.39, 0.29) is 5.82 Å². The number of rotatable bonds is 4. The van der Waals surface area contributed by atoms with Crippen molar-refractivity contribution in [3.63, 3.8) is 0 Å². The van der Waals surface area contributed by atoms with Crippen LogP contribution in [0.3, 0.4) is 0 Å². The fourth-order valence-corrected chi connectivity index (χ4v) is 2.32. The lowest BCUT2D eigenvalue weighted by molar-refractivity contribution is 0.588. The van der Waals surface area contributed by atoms with Crippen LogP contribution in [0.15, 0.2) is 35.0 Å². The molecule has 84 valence electrons. The predicted octanol–water partition coefficient (Wildman–Crippen LogP) is 3.83. The zero-order valence-electron chi connectivity index (χ0n) is 8.54. The number of hydrogen-bond donors (Lipinski definition) is 1. The molecule has 0 aliphatic carbocycles. The van der Waals surface area contributed by atoms with Crippen molar-refractivity contribution >= 4 is 22.9 Å². The van der Waals surface area contributed by atoms with Gasteiger partial charge in [-0.1, -0.05) is 17.7 Å². The van der Waals surface area contributed by atoms with E-state index in [0.717, 1.165) is 6.54 Å². The van der Waals surface area contributed by atoms with Crippen LogP contribution in [-0.2, 0) is 13.1 Å². The Kier molecular flexibility index (Phi) is 3.93. The summed E-state index contributed by atoms with van der Waals surface area (Å²) in [5.74, 6) is -0.259. The van der Waals surface area contributed by atoms with Crippen molar-refractivity contribution in [2.45, 2.75) is 13.1 Å². The van der Waals surface area contributed by atoms with E-state index in [1.54, 1.807) is 23.5 Å². The Bertz CT molecular complexity index is 436. The van der Waals surface area contributed by atoms with E-state index in [1.165, 1.54) is 11.6 Å². The second kappa shape index (κ2) is 5.43. The maximum atomic E-state index is 13.4. The van der Waals surface area contributed by atoms with Gasteiger partial charge in [0.15, 0.2) is 0 Å². The van der Waals surface area contributed by atoms with E-state index >= 15 is 0 Å².